The number of amides is 1. The molecule has 1 atom stereocenters. The first-order valence-electron chi connectivity index (χ1n) is 11.4. The van der Waals surface area contributed by atoms with Crippen LogP contribution < -0.4 is 9.64 Å². The van der Waals surface area contributed by atoms with E-state index in [0.29, 0.717) is 35.5 Å². The fraction of sp³-hybridized carbons (Fsp3) is 0.214. The van der Waals surface area contributed by atoms with E-state index in [9.17, 15) is 10.1 Å². The Bertz CT molecular complexity index is 1330. The third-order valence-electron chi connectivity index (χ3n) is 6.38. The van der Waals surface area contributed by atoms with Gasteiger partial charge in [0.25, 0.3) is 0 Å². The first-order valence-corrected chi connectivity index (χ1v) is 12.8. The topological polar surface area (TPSA) is 56.6 Å². The van der Waals surface area contributed by atoms with Gasteiger partial charge < -0.3 is 9.64 Å². The van der Waals surface area contributed by atoms with Gasteiger partial charge in [0, 0.05) is 28.6 Å². The fourth-order valence-electron chi connectivity index (χ4n) is 4.49. The number of thioether (sulfide) groups is 1. The van der Waals surface area contributed by atoms with E-state index in [-0.39, 0.29) is 18.2 Å². The second kappa shape index (κ2) is 10.1. The average molecular weight is 502 g/mol. The first-order chi connectivity index (χ1) is 17.0. The maximum absolute atomic E-state index is 13.2. The molecule has 1 amide bonds. The molecule has 7 heteroatoms. The molecule has 3 aromatic carbocycles. The number of halogens is 1. The number of nitriles is 1. The lowest BCUT2D eigenvalue weighted by molar-refractivity contribution is -0.129. The molecule has 2 heterocycles. The van der Waals surface area contributed by atoms with E-state index in [1.807, 2.05) is 60.7 Å². The van der Waals surface area contributed by atoms with Crippen LogP contribution in [0.2, 0.25) is 5.02 Å². The number of para-hydroxylation sites is 1. The molecule has 0 N–H and O–H groups in total. The van der Waals surface area contributed by atoms with E-state index in [1.54, 1.807) is 16.7 Å². The summed E-state index contributed by atoms with van der Waals surface area (Å²) in [4.78, 5) is 17.1. The lowest BCUT2D eigenvalue weighted by atomic mass is 9.86. The summed E-state index contributed by atoms with van der Waals surface area (Å²) in [6.07, 6.45) is 0.272. The number of anilines is 1. The van der Waals surface area contributed by atoms with Gasteiger partial charge >= 0.3 is 0 Å². The van der Waals surface area contributed by atoms with Crippen molar-refractivity contribution in [1.29, 1.82) is 5.26 Å². The molecular weight excluding hydrogens is 478 g/mol. The summed E-state index contributed by atoms with van der Waals surface area (Å²) in [6, 6.07) is 25.8. The molecule has 0 unspecified atom stereocenters. The van der Waals surface area contributed by atoms with Crippen LogP contribution in [0.25, 0.3) is 0 Å². The van der Waals surface area contributed by atoms with Crippen molar-refractivity contribution < 1.29 is 9.53 Å². The Labute approximate surface area is 214 Å². The van der Waals surface area contributed by atoms with Gasteiger partial charge in [0.05, 0.1) is 29.2 Å². The molecule has 0 aromatic heterocycles. The maximum Gasteiger partial charge on any atom is 0.229 e. The molecule has 0 aliphatic carbocycles. The quantitative estimate of drug-likeness (QED) is 0.402. The zero-order valence-corrected chi connectivity index (χ0v) is 20.9. The van der Waals surface area contributed by atoms with Gasteiger partial charge in [0.1, 0.15) is 12.4 Å². The van der Waals surface area contributed by atoms with Crippen LogP contribution in [0.15, 0.2) is 83.4 Å². The maximum atomic E-state index is 13.2. The van der Waals surface area contributed by atoms with Crippen molar-refractivity contribution in [2.24, 2.45) is 0 Å². The zero-order valence-electron chi connectivity index (χ0n) is 19.3. The van der Waals surface area contributed by atoms with Gasteiger partial charge in [-0.15, -0.1) is 0 Å². The smallest absolute Gasteiger partial charge is 0.229 e. The van der Waals surface area contributed by atoms with E-state index in [0.717, 1.165) is 21.8 Å². The van der Waals surface area contributed by atoms with E-state index >= 15 is 0 Å². The van der Waals surface area contributed by atoms with E-state index in [1.165, 1.54) is 5.56 Å². The molecule has 5 nitrogen and oxygen atoms in total. The number of ether oxygens (including phenoxy) is 1. The molecule has 0 saturated carbocycles. The number of hydrogen-bond donors (Lipinski definition) is 0. The predicted octanol–water partition coefficient (Wildman–Crippen LogP) is 6.45. The second-order valence-corrected chi connectivity index (χ2v) is 9.94. The minimum atomic E-state index is -0.256. The summed E-state index contributed by atoms with van der Waals surface area (Å²) in [6.45, 7) is 2.90. The summed E-state index contributed by atoms with van der Waals surface area (Å²) in [5.74, 6) is 1.18. The van der Waals surface area contributed by atoms with Crippen molar-refractivity contribution in [1.82, 2.24) is 4.90 Å². The molecular formula is C28H24ClN3O2S. The van der Waals surface area contributed by atoms with Crippen LogP contribution in [-0.2, 0) is 11.4 Å². The Morgan fingerprint density at radius 2 is 1.83 bits per heavy atom. The van der Waals surface area contributed by atoms with Crippen molar-refractivity contribution in [2.45, 2.75) is 25.9 Å². The van der Waals surface area contributed by atoms with Gasteiger partial charge in [-0.1, -0.05) is 71.9 Å². The number of carbonyl (C=O) groups is 1. The Hall–Kier alpha value is -3.40. The molecule has 5 rings (SSSR count). The summed E-state index contributed by atoms with van der Waals surface area (Å²) in [7, 11) is 0. The molecule has 2 aliphatic rings. The van der Waals surface area contributed by atoms with Crippen molar-refractivity contribution in [3.63, 3.8) is 0 Å². The molecule has 35 heavy (non-hydrogen) atoms. The van der Waals surface area contributed by atoms with Crippen LogP contribution >= 0.6 is 23.4 Å². The van der Waals surface area contributed by atoms with Crippen LogP contribution in [0.5, 0.6) is 5.75 Å². The normalized spacial score (nSPS) is 17.7. The third kappa shape index (κ3) is 4.75. The number of rotatable bonds is 5. The highest BCUT2D eigenvalue weighted by Gasteiger charge is 2.38. The lowest BCUT2D eigenvalue weighted by Gasteiger charge is -2.42. The van der Waals surface area contributed by atoms with E-state index in [4.69, 9.17) is 16.3 Å². The second-order valence-electron chi connectivity index (χ2n) is 8.60. The fourth-order valence-corrected chi connectivity index (χ4v) is 5.84. The SMILES string of the molecule is Cc1ccccc1N1CSC2=C(C#N)[C@@H](c3ccc(OCc4ccccc4Cl)cc3)CC(=O)N2C1. The van der Waals surface area contributed by atoms with Gasteiger partial charge in [-0.3, -0.25) is 9.69 Å². The summed E-state index contributed by atoms with van der Waals surface area (Å²) >= 11 is 7.77. The molecule has 0 radical (unpaired) electrons. The number of carbonyl (C=O) groups excluding carboxylic acids is 1. The molecule has 0 spiro atoms. The van der Waals surface area contributed by atoms with Gasteiger partial charge in [-0.05, 0) is 42.3 Å². The standard InChI is InChI=1S/C28H24ClN3O2S/c1-19-6-2-5-9-26(19)31-17-32-27(33)14-23(24(15-30)28(32)35-18-31)20-10-12-22(13-11-20)34-16-21-7-3-4-8-25(21)29/h2-13,23H,14,16-18H2,1H3/t23-/m1/s1. The number of benzene rings is 3. The molecule has 3 aromatic rings. The van der Waals surface area contributed by atoms with Crippen LogP contribution in [-0.4, -0.2) is 23.4 Å². The summed E-state index contributed by atoms with van der Waals surface area (Å²) in [5.41, 5.74) is 4.79. The van der Waals surface area contributed by atoms with Gasteiger partial charge in [0.15, 0.2) is 0 Å². The Morgan fingerprint density at radius 1 is 1.09 bits per heavy atom. The summed E-state index contributed by atoms with van der Waals surface area (Å²) < 4.78 is 5.89. The summed E-state index contributed by atoms with van der Waals surface area (Å²) in [5, 5.41) is 11.5. The number of aryl methyl sites for hydroxylation is 1. The molecule has 0 bridgehead atoms. The Kier molecular flexibility index (Phi) is 6.72. The lowest BCUT2D eigenvalue weighted by Crippen LogP contribution is -2.47. The zero-order chi connectivity index (χ0) is 24.4. The van der Waals surface area contributed by atoms with Crippen molar-refractivity contribution in [3.05, 3.63) is 105 Å². The highest BCUT2D eigenvalue weighted by molar-refractivity contribution is 8.03. The van der Waals surface area contributed by atoms with Gasteiger partial charge in [-0.2, -0.15) is 5.26 Å². The first kappa shape index (κ1) is 23.3. The Balaban J connectivity index is 1.34. The van der Waals surface area contributed by atoms with Gasteiger partial charge in [0.2, 0.25) is 5.91 Å². The monoisotopic (exact) mass is 501 g/mol. The highest BCUT2D eigenvalue weighted by Crippen LogP contribution is 2.43. The number of allylic oxidation sites excluding steroid dienone is 1. The number of hydrogen-bond acceptors (Lipinski definition) is 5. The van der Waals surface area contributed by atoms with Crippen LogP contribution in [0, 0.1) is 18.3 Å². The van der Waals surface area contributed by atoms with Crippen molar-refractivity contribution >= 4 is 35.0 Å². The average Bonchev–Trinajstić information content (AvgIpc) is 2.89. The molecule has 176 valence electrons. The van der Waals surface area contributed by atoms with Crippen LogP contribution in [0.1, 0.15) is 29.0 Å². The Morgan fingerprint density at radius 3 is 2.57 bits per heavy atom. The van der Waals surface area contributed by atoms with E-state index < -0.39 is 0 Å². The van der Waals surface area contributed by atoms with E-state index in [2.05, 4.69) is 30.0 Å². The van der Waals surface area contributed by atoms with Gasteiger partial charge in [-0.25, -0.2) is 0 Å². The minimum Gasteiger partial charge on any atom is -0.489 e. The minimum absolute atomic E-state index is 0.0360. The van der Waals surface area contributed by atoms with Crippen LogP contribution in [0.3, 0.4) is 0 Å². The molecule has 1 saturated heterocycles. The predicted molar refractivity (Wildman–Crippen MR) is 140 cm³/mol. The molecule has 1 fully saturated rings. The molecule has 2 aliphatic heterocycles. The number of nitrogens with zero attached hydrogens (tertiary/aromatic N) is 3. The number of fused-ring (bicyclic) bond motifs is 1. The van der Waals surface area contributed by atoms with Crippen molar-refractivity contribution in [3.8, 4) is 11.8 Å². The highest BCUT2D eigenvalue weighted by atomic mass is 35.5. The largest absolute Gasteiger partial charge is 0.489 e. The van der Waals surface area contributed by atoms with Crippen molar-refractivity contribution in [2.75, 3.05) is 17.4 Å². The van der Waals surface area contributed by atoms with Crippen LogP contribution in [0.4, 0.5) is 5.69 Å². The third-order valence-corrected chi connectivity index (χ3v) is 7.91.